The lowest BCUT2D eigenvalue weighted by atomic mass is 10.2. The summed E-state index contributed by atoms with van der Waals surface area (Å²) in [5.41, 5.74) is 6.35. The van der Waals surface area contributed by atoms with E-state index < -0.39 is 0 Å². The van der Waals surface area contributed by atoms with Gasteiger partial charge in [0.05, 0.1) is 17.2 Å². The molecule has 0 fully saturated rings. The van der Waals surface area contributed by atoms with Gasteiger partial charge in [-0.05, 0) is 39.0 Å². The summed E-state index contributed by atoms with van der Waals surface area (Å²) in [5.74, 6) is 0.875. The first-order valence-electron chi connectivity index (χ1n) is 5.20. The number of hydrogen-bond donors (Lipinski definition) is 1. The third-order valence-electron chi connectivity index (χ3n) is 1.83. The molecule has 0 spiro atoms. The molecular weight excluding hydrogens is 242 g/mol. The first-order valence-corrected chi connectivity index (χ1v) is 6.56. The van der Waals surface area contributed by atoms with E-state index in [1.165, 1.54) is 0 Å². The molecule has 0 aromatic heterocycles. The van der Waals surface area contributed by atoms with Gasteiger partial charge in [-0.3, -0.25) is 0 Å². The van der Waals surface area contributed by atoms with Crippen LogP contribution in [-0.4, -0.2) is 18.0 Å². The number of nitrogen functional groups attached to an aromatic ring is 1. The largest absolute Gasteiger partial charge is 0.399 e. The Hall–Kier alpha value is -0.380. The SMILES string of the molecule is CC(C)(C)OCCSc1cc(N)ccc1Cl. The second-order valence-corrected chi connectivity index (χ2v) is 6.04. The van der Waals surface area contributed by atoms with Crippen molar-refractivity contribution in [2.45, 2.75) is 31.3 Å². The highest BCUT2D eigenvalue weighted by Crippen LogP contribution is 2.29. The Labute approximate surface area is 107 Å². The van der Waals surface area contributed by atoms with E-state index in [2.05, 4.69) is 0 Å². The average molecular weight is 260 g/mol. The first kappa shape index (κ1) is 13.7. The Kier molecular flexibility index (Phi) is 4.96. The van der Waals surface area contributed by atoms with Crippen LogP contribution < -0.4 is 5.73 Å². The van der Waals surface area contributed by atoms with E-state index in [1.54, 1.807) is 17.8 Å². The number of anilines is 1. The monoisotopic (exact) mass is 259 g/mol. The molecule has 0 heterocycles. The summed E-state index contributed by atoms with van der Waals surface area (Å²) in [6, 6.07) is 5.52. The van der Waals surface area contributed by atoms with Gasteiger partial charge in [-0.15, -0.1) is 11.8 Å². The number of benzene rings is 1. The molecule has 2 nitrogen and oxygen atoms in total. The molecule has 0 aliphatic carbocycles. The molecule has 4 heteroatoms. The number of rotatable bonds is 4. The van der Waals surface area contributed by atoms with E-state index >= 15 is 0 Å². The molecule has 0 amide bonds. The van der Waals surface area contributed by atoms with Crippen molar-refractivity contribution < 1.29 is 4.74 Å². The fraction of sp³-hybridized carbons (Fsp3) is 0.500. The van der Waals surface area contributed by atoms with Gasteiger partial charge in [-0.2, -0.15) is 0 Å². The zero-order valence-electron chi connectivity index (χ0n) is 9.92. The van der Waals surface area contributed by atoms with Gasteiger partial charge in [-0.25, -0.2) is 0 Å². The molecule has 1 aromatic carbocycles. The van der Waals surface area contributed by atoms with Crippen LogP contribution in [0.4, 0.5) is 5.69 Å². The van der Waals surface area contributed by atoms with Gasteiger partial charge < -0.3 is 10.5 Å². The number of hydrogen-bond acceptors (Lipinski definition) is 3. The van der Waals surface area contributed by atoms with E-state index in [9.17, 15) is 0 Å². The summed E-state index contributed by atoms with van der Waals surface area (Å²) < 4.78 is 5.63. The molecule has 0 aliphatic heterocycles. The predicted molar refractivity (Wildman–Crippen MR) is 72.3 cm³/mol. The van der Waals surface area contributed by atoms with E-state index in [0.717, 1.165) is 21.4 Å². The van der Waals surface area contributed by atoms with Crippen LogP contribution in [-0.2, 0) is 4.74 Å². The molecule has 1 rings (SSSR count). The van der Waals surface area contributed by atoms with Crippen molar-refractivity contribution >= 4 is 29.1 Å². The van der Waals surface area contributed by atoms with Crippen molar-refractivity contribution in [2.24, 2.45) is 0 Å². The van der Waals surface area contributed by atoms with Crippen molar-refractivity contribution in [3.8, 4) is 0 Å². The van der Waals surface area contributed by atoms with Crippen LogP contribution in [0.5, 0.6) is 0 Å². The van der Waals surface area contributed by atoms with Crippen molar-refractivity contribution in [2.75, 3.05) is 18.1 Å². The van der Waals surface area contributed by atoms with Crippen molar-refractivity contribution in [3.63, 3.8) is 0 Å². The fourth-order valence-corrected chi connectivity index (χ4v) is 2.22. The second-order valence-electron chi connectivity index (χ2n) is 4.50. The van der Waals surface area contributed by atoms with Crippen molar-refractivity contribution in [1.82, 2.24) is 0 Å². The Morgan fingerprint density at radius 3 is 2.69 bits per heavy atom. The van der Waals surface area contributed by atoms with Crippen LogP contribution in [0.1, 0.15) is 20.8 Å². The zero-order chi connectivity index (χ0) is 12.2. The normalized spacial score (nSPS) is 11.8. The van der Waals surface area contributed by atoms with Crippen molar-refractivity contribution in [1.29, 1.82) is 0 Å². The highest BCUT2D eigenvalue weighted by atomic mass is 35.5. The molecule has 0 radical (unpaired) electrons. The Morgan fingerprint density at radius 2 is 2.06 bits per heavy atom. The molecule has 0 atom stereocenters. The topological polar surface area (TPSA) is 35.2 Å². The Morgan fingerprint density at radius 1 is 1.38 bits per heavy atom. The predicted octanol–water partition coefficient (Wildman–Crippen LogP) is 3.83. The number of ether oxygens (including phenoxy) is 1. The van der Waals surface area contributed by atoms with Gasteiger partial charge in [0, 0.05) is 16.3 Å². The molecular formula is C12H18ClNOS. The molecule has 0 aliphatic rings. The maximum atomic E-state index is 6.05. The lowest BCUT2D eigenvalue weighted by molar-refractivity contribution is 0.00695. The summed E-state index contributed by atoms with van der Waals surface area (Å²) in [5, 5.41) is 0.745. The van der Waals surface area contributed by atoms with E-state index in [-0.39, 0.29) is 5.60 Å². The maximum absolute atomic E-state index is 6.05. The molecule has 1 aromatic rings. The minimum Gasteiger partial charge on any atom is -0.399 e. The lowest BCUT2D eigenvalue weighted by Gasteiger charge is -2.19. The van der Waals surface area contributed by atoms with Gasteiger partial charge in [0.25, 0.3) is 0 Å². The molecule has 0 saturated carbocycles. The fourth-order valence-electron chi connectivity index (χ4n) is 1.13. The minimum atomic E-state index is -0.0833. The Balaban J connectivity index is 2.40. The highest BCUT2D eigenvalue weighted by Gasteiger charge is 2.09. The lowest BCUT2D eigenvalue weighted by Crippen LogP contribution is -2.20. The quantitative estimate of drug-likeness (QED) is 0.507. The molecule has 0 saturated heterocycles. The van der Waals surface area contributed by atoms with E-state index in [1.807, 2.05) is 32.9 Å². The molecule has 16 heavy (non-hydrogen) atoms. The number of halogens is 1. The molecule has 2 N–H and O–H groups in total. The van der Waals surface area contributed by atoms with Gasteiger partial charge in [0.1, 0.15) is 0 Å². The summed E-state index contributed by atoms with van der Waals surface area (Å²) in [6.45, 7) is 6.85. The molecule has 90 valence electrons. The van der Waals surface area contributed by atoms with Gasteiger partial charge in [0.15, 0.2) is 0 Å². The minimum absolute atomic E-state index is 0.0833. The van der Waals surface area contributed by atoms with Gasteiger partial charge in [-0.1, -0.05) is 11.6 Å². The third-order valence-corrected chi connectivity index (χ3v) is 3.29. The van der Waals surface area contributed by atoms with Crippen LogP contribution in [0.15, 0.2) is 23.1 Å². The maximum Gasteiger partial charge on any atom is 0.0598 e. The first-order chi connectivity index (χ1) is 7.38. The summed E-state index contributed by atoms with van der Waals surface area (Å²) in [6.07, 6.45) is 0. The summed E-state index contributed by atoms with van der Waals surface area (Å²) in [7, 11) is 0. The number of nitrogens with two attached hydrogens (primary N) is 1. The summed E-state index contributed by atoms with van der Waals surface area (Å²) >= 11 is 7.71. The number of thioether (sulfide) groups is 1. The second kappa shape index (κ2) is 5.80. The van der Waals surface area contributed by atoms with Crippen LogP contribution in [0.2, 0.25) is 5.02 Å². The van der Waals surface area contributed by atoms with E-state index in [0.29, 0.717) is 6.61 Å². The van der Waals surface area contributed by atoms with Gasteiger partial charge in [0.2, 0.25) is 0 Å². The smallest absolute Gasteiger partial charge is 0.0598 e. The average Bonchev–Trinajstić information content (AvgIpc) is 2.16. The van der Waals surface area contributed by atoms with Crippen LogP contribution in [0.25, 0.3) is 0 Å². The molecule has 0 unspecified atom stereocenters. The third kappa shape index (κ3) is 5.10. The summed E-state index contributed by atoms with van der Waals surface area (Å²) in [4.78, 5) is 1.01. The van der Waals surface area contributed by atoms with E-state index in [4.69, 9.17) is 22.1 Å². The highest BCUT2D eigenvalue weighted by molar-refractivity contribution is 7.99. The standard InChI is InChI=1S/C12H18ClNOS/c1-12(2,3)15-6-7-16-11-8-9(14)4-5-10(11)13/h4-5,8H,6-7,14H2,1-3H3. The molecule has 0 bridgehead atoms. The van der Waals surface area contributed by atoms with Crippen LogP contribution in [0.3, 0.4) is 0 Å². The van der Waals surface area contributed by atoms with Crippen LogP contribution in [0, 0.1) is 0 Å². The van der Waals surface area contributed by atoms with Crippen molar-refractivity contribution in [3.05, 3.63) is 23.2 Å². The van der Waals surface area contributed by atoms with Crippen LogP contribution >= 0.6 is 23.4 Å². The van der Waals surface area contributed by atoms with Gasteiger partial charge >= 0.3 is 0 Å². The zero-order valence-corrected chi connectivity index (χ0v) is 11.5. The Bertz CT molecular complexity index is 349.